The summed E-state index contributed by atoms with van der Waals surface area (Å²) in [7, 11) is 0. The molecule has 6 heterocycles. The average Bonchev–Trinajstić information content (AvgIpc) is 4.06. The summed E-state index contributed by atoms with van der Waals surface area (Å²) in [5.41, 5.74) is 6.14. The molecule has 14 heteroatoms. The predicted molar refractivity (Wildman–Crippen MR) is 223 cm³/mol. The predicted octanol–water partition coefficient (Wildman–Crippen LogP) is 8.65. The number of carbonyl (C=O) groups excluding carboxylic acids is 2. The van der Waals surface area contributed by atoms with E-state index >= 15 is 0 Å². The van der Waals surface area contributed by atoms with Gasteiger partial charge in [-0.1, -0.05) is 76.2 Å². The van der Waals surface area contributed by atoms with Crippen molar-refractivity contribution in [3.8, 4) is 33.6 Å². The van der Waals surface area contributed by atoms with Gasteiger partial charge >= 0.3 is 0 Å². The Balaban J connectivity index is 0.913. The second-order valence-corrected chi connectivity index (χ2v) is 17.1. The number of imidazole rings is 2. The topological polar surface area (TPSA) is 148 Å². The van der Waals surface area contributed by atoms with E-state index in [1.54, 1.807) is 12.4 Å². The molecular weight excluding hydrogens is 741 g/mol. The van der Waals surface area contributed by atoms with E-state index in [0.717, 1.165) is 81.2 Å². The van der Waals surface area contributed by atoms with Crippen molar-refractivity contribution in [1.82, 2.24) is 39.7 Å². The molecule has 2 aromatic carbocycles. The van der Waals surface area contributed by atoms with E-state index in [0.29, 0.717) is 13.1 Å². The van der Waals surface area contributed by atoms with Crippen LogP contribution in [0.1, 0.15) is 77.1 Å². The van der Waals surface area contributed by atoms with E-state index in [4.69, 9.17) is 9.97 Å². The van der Waals surface area contributed by atoms with Crippen molar-refractivity contribution in [2.24, 2.45) is 11.8 Å². The molecule has 4 N–H and O–H groups in total. The molecule has 4 atom stereocenters. The highest BCUT2D eigenvalue weighted by Gasteiger charge is 2.38. The Bertz CT molecular complexity index is 2050. The summed E-state index contributed by atoms with van der Waals surface area (Å²) in [4.78, 5) is 56.8. The number of amides is 2. The summed E-state index contributed by atoms with van der Waals surface area (Å²) in [5.74, 6) is 2.03. The number of rotatable bonds is 13. The standard InChI is InChI=1S/C42H48N10O2S2/c1-25(2)35(49-41-43-17-21-55-41)39(53)51-19-5-7-33(51)37-45-23-31(47-37)29-13-9-27(10-14-29)28-11-15-30(16-12-28)32-24-46-38(48-32)34-8-6-20-52(34)40(54)36(26(3)4)50-42-44-18-22-56-42/h9-18,21-26,33-36H,5-8,19-20H2,1-4H3,(H,43,49)(H,44,50)(H,45,47)(H,46,48)/t33-,34-,35-,36-/m0/s1. The van der Waals surface area contributed by atoms with Crippen LogP contribution in [-0.2, 0) is 9.59 Å². The number of H-pyrrole nitrogens is 2. The van der Waals surface area contributed by atoms with Gasteiger partial charge in [-0.05, 0) is 59.8 Å². The van der Waals surface area contributed by atoms with Crippen LogP contribution in [0, 0.1) is 11.8 Å². The van der Waals surface area contributed by atoms with Crippen LogP contribution in [0.5, 0.6) is 0 Å². The zero-order chi connectivity index (χ0) is 38.8. The summed E-state index contributed by atoms with van der Waals surface area (Å²) in [6.07, 6.45) is 10.9. The van der Waals surface area contributed by atoms with Crippen molar-refractivity contribution in [3.05, 3.63) is 95.7 Å². The average molecular weight is 789 g/mol. The minimum atomic E-state index is -0.351. The Morgan fingerprint density at radius 1 is 0.625 bits per heavy atom. The van der Waals surface area contributed by atoms with E-state index in [-0.39, 0.29) is 47.8 Å². The van der Waals surface area contributed by atoms with Gasteiger partial charge in [0.1, 0.15) is 23.7 Å². The van der Waals surface area contributed by atoms with Gasteiger partial charge in [-0.15, -0.1) is 22.7 Å². The molecule has 0 bridgehead atoms. The first-order valence-electron chi connectivity index (χ1n) is 19.5. The van der Waals surface area contributed by atoms with Crippen molar-refractivity contribution in [2.75, 3.05) is 23.7 Å². The van der Waals surface area contributed by atoms with Gasteiger partial charge in [0.15, 0.2) is 10.3 Å². The first-order valence-corrected chi connectivity index (χ1v) is 21.2. The number of benzene rings is 2. The second kappa shape index (κ2) is 16.4. The Hall–Kier alpha value is -5.34. The van der Waals surface area contributed by atoms with Crippen LogP contribution in [0.4, 0.5) is 10.3 Å². The molecule has 6 aromatic rings. The number of aromatic nitrogens is 6. The van der Waals surface area contributed by atoms with Crippen LogP contribution in [0.15, 0.2) is 84.1 Å². The van der Waals surface area contributed by atoms with Gasteiger partial charge in [-0.25, -0.2) is 19.9 Å². The molecule has 0 radical (unpaired) electrons. The quantitative estimate of drug-likeness (QED) is 0.0910. The lowest BCUT2D eigenvalue weighted by atomic mass is 10.0. The monoisotopic (exact) mass is 788 g/mol. The normalized spacial score (nSPS) is 18.2. The molecule has 4 aromatic heterocycles. The zero-order valence-corrected chi connectivity index (χ0v) is 33.7. The summed E-state index contributed by atoms with van der Waals surface area (Å²) in [5, 5.41) is 12.1. The first-order chi connectivity index (χ1) is 27.2. The molecule has 56 heavy (non-hydrogen) atoms. The first kappa shape index (κ1) is 37.6. The molecule has 2 aliphatic rings. The molecule has 8 rings (SSSR count). The number of thiazole rings is 2. The maximum absolute atomic E-state index is 13.8. The van der Waals surface area contributed by atoms with Crippen molar-refractivity contribution in [2.45, 2.75) is 77.5 Å². The van der Waals surface area contributed by atoms with Crippen LogP contribution in [0.3, 0.4) is 0 Å². The number of anilines is 2. The maximum atomic E-state index is 13.8. The molecule has 2 amide bonds. The number of likely N-dealkylation sites (tertiary alicyclic amines) is 2. The van der Waals surface area contributed by atoms with E-state index in [1.807, 2.05) is 33.0 Å². The van der Waals surface area contributed by atoms with Gasteiger partial charge < -0.3 is 30.4 Å². The highest BCUT2D eigenvalue weighted by Crippen LogP contribution is 2.36. The van der Waals surface area contributed by atoms with E-state index in [9.17, 15) is 9.59 Å². The molecule has 0 aliphatic carbocycles. The third kappa shape index (κ3) is 7.85. The van der Waals surface area contributed by atoms with Crippen LogP contribution in [0.25, 0.3) is 33.6 Å². The van der Waals surface area contributed by atoms with Gasteiger partial charge in [-0.2, -0.15) is 0 Å². The second-order valence-electron chi connectivity index (χ2n) is 15.3. The number of aromatic amines is 2. The van der Waals surface area contributed by atoms with Gasteiger partial charge in [0.05, 0.1) is 35.9 Å². The number of hydrogen-bond donors (Lipinski definition) is 4. The van der Waals surface area contributed by atoms with Gasteiger partial charge in [-0.3, -0.25) is 9.59 Å². The lowest BCUT2D eigenvalue weighted by Crippen LogP contribution is -2.45. The van der Waals surface area contributed by atoms with Crippen molar-refractivity contribution < 1.29 is 9.59 Å². The van der Waals surface area contributed by atoms with E-state index < -0.39 is 0 Å². The van der Waals surface area contributed by atoms with E-state index in [1.165, 1.54) is 22.7 Å². The third-order valence-corrected chi connectivity index (χ3v) is 12.3. The van der Waals surface area contributed by atoms with Crippen molar-refractivity contribution in [1.29, 1.82) is 0 Å². The fourth-order valence-electron chi connectivity index (χ4n) is 7.86. The minimum absolute atomic E-state index is 0.0858. The number of hydrogen-bond acceptors (Lipinski definition) is 10. The highest BCUT2D eigenvalue weighted by molar-refractivity contribution is 7.13. The van der Waals surface area contributed by atoms with Crippen LogP contribution >= 0.6 is 22.7 Å². The molecule has 2 fully saturated rings. The van der Waals surface area contributed by atoms with Gasteiger partial charge in [0.25, 0.3) is 0 Å². The number of carbonyl (C=O) groups is 2. The number of nitrogens with one attached hydrogen (secondary N) is 4. The lowest BCUT2D eigenvalue weighted by molar-refractivity contribution is -0.134. The molecule has 0 unspecified atom stereocenters. The summed E-state index contributed by atoms with van der Waals surface area (Å²) >= 11 is 3.01. The molecule has 12 nitrogen and oxygen atoms in total. The maximum Gasteiger partial charge on any atom is 0.246 e. The van der Waals surface area contributed by atoms with E-state index in [2.05, 4.69) is 107 Å². The highest BCUT2D eigenvalue weighted by atomic mass is 32.1. The molecule has 2 saturated heterocycles. The Morgan fingerprint density at radius 2 is 1.02 bits per heavy atom. The lowest BCUT2D eigenvalue weighted by Gasteiger charge is -2.30. The van der Waals surface area contributed by atoms with Crippen molar-refractivity contribution in [3.63, 3.8) is 0 Å². The SMILES string of the molecule is CC(C)[C@H](Nc1nccs1)C(=O)N1CCC[C@H]1c1ncc(-c2ccc(-c3ccc(-c4cnc([C@@H]5CCCN5C(=O)[C@@H](Nc5nccs5)C(C)C)[nH]4)cc3)cc2)[nH]1. The smallest absolute Gasteiger partial charge is 0.246 e. The molecule has 0 saturated carbocycles. The summed E-state index contributed by atoms with van der Waals surface area (Å²) in [6.45, 7) is 9.68. The fourth-order valence-corrected chi connectivity index (χ4v) is 8.99. The van der Waals surface area contributed by atoms with Gasteiger partial charge in [0, 0.05) is 36.2 Å². The summed E-state index contributed by atoms with van der Waals surface area (Å²) < 4.78 is 0. The molecule has 0 spiro atoms. The Kier molecular flexibility index (Phi) is 11.0. The zero-order valence-electron chi connectivity index (χ0n) is 32.1. The molecular formula is C42H48N10O2S2. The Labute approximate surface area is 335 Å². The van der Waals surface area contributed by atoms with Crippen LogP contribution < -0.4 is 10.6 Å². The van der Waals surface area contributed by atoms with Crippen LogP contribution in [-0.4, -0.2) is 76.7 Å². The van der Waals surface area contributed by atoms with Gasteiger partial charge in [0.2, 0.25) is 11.8 Å². The largest absolute Gasteiger partial charge is 0.350 e. The third-order valence-electron chi connectivity index (χ3n) is 10.9. The summed E-state index contributed by atoms with van der Waals surface area (Å²) in [6, 6.07) is 16.1. The van der Waals surface area contributed by atoms with Crippen LogP contribution in [0.2, 0.25) is 0 Å². The number of nitrogens with zero attached hydrogens (tertiary/aromatic N) is 6. The van der Waals surface area contributed by atoms with Crippen molar-refractivity contribution >= 4 is 44.8 Å². The molecule has 290 valence electrons. The Morgan fingerprint density at radius 3 is 1.38 bits per heavy atom. The fraction of sp³-hybridized carbons (Fsp3) is 0.381. The minimum Gasteiger partial charge on any atom is -0.350 e. The molecule has 2 aliphatic heterocycles.